The normalized spacial score (nSPS) is 32.1. The Morgan fingerprint density at radius 3 is 2.89 bits per heavy atom. The van der Waals surface area contributed by atoms with Crippen LogP contribution in [0.5, 0.6) is 0 Å². The zero-order valence-corrected chi connectivity index (χ0v) is 12.7. The molecule has 0 amide bonds. The van der Waals surface area contributed by atoms with Crippen molar-refractivity contribution >= 4 is 0 Å². The summed E-state index contributed by atoms with van der Waals surface area (Å²) >= 11 is 0. The average molecular weight is 264 g/mol. The van der Waals surface area contributed by atoms with Gasteiger partial charge in [0.2, 0.25) is 0 Å². The van der Waals surface area contributed by atoms with Crippen LogP contribution >= 0.6 is 0 Å². The summed E-state index contributed by atoms with van der Waals surface area (Å²) in [5, 5.41) is 3.83. The molecule has 2 heteroatoms. The number of allylic oxidation sites excluding steroid dienone is 1. The summed E-state index contributed by atoms with van der Waals surface area (Å²) in [6.45, 7) is 4.27. The number of nitrogens with one attached hydrogen (secondary N) is 1. The molecule has 0 spiro atoms. The molecule has 1 fully saturated rings. The lowest BCUT2D eigenvalue weighted by Gasteiger charge is -2.33. The van der Waals surface area contributed by atoms with E-state index in [1.807, 2.05) is 0 Å². The molecule has 0 radical (unpaired) electrons. The highest BCUT2D eigenvalue weighted by molar-refractivity contribution is 5.08. The van der Waals surface area contributed by atoms with E-state index in [0.29, 0.717) is 0 Å². The summed E-state index contributed by atoms with van der Waals surface area (Å²) in [5.41, 5.74) is 8.02. The minimum atomic E-state index is 0.239. The van der Waals surface area contributed by atoms with Crippen LogP contribution < -0.4 is 11.1 Å². The van der Waals surface area contributed by atoms with E-state index in [-0.39, 0.29) is 5.54 Å². The summed E-state index contributed by atoms with van der Waals surface area (Å²) in [5.74, 6) is 0.938. The molecule has 0 bridgehead atoms. The first-order valence-corrected chi connectivity index (χ1v) is 8.41. The first kappa shape index (κ1) is 15.1. The number of hydrogen-bond acceptors (Lipinski definition) is 2. The largest absolute Gasteiger partial charge is 0.329 e. The Bertz CT molecular complexity index is 298. The fraction of sp³-hybridized carbons (Fsp3) is 0.882. The summed E-state index contributed by atoms with van der Waals surface area (Å²) < 4.78 is 0. The smallest absolute Gasteiger partial charge is 0.0304 e. The zero-order chi connectivity index (χ0) is 13.6. The van der Waals surface area contributed by atoms with Crippen LogP contribution in [-0.2, 0) is 0 Å². The van der Waals surface area contributed by atoms with Crippen LogP contribution in [0.4, 0.5) is 0 Å². The molecule has 110 valence electrons. The second-order valence-corrected chi connectivity index (χ2v) is 6.62. The van der Waals surface area contributed by atoms with Crippen molar-refractivity contribution in [3.05, 3.63) is 11.6 Å². The molecule has 2 nitrogen and oxygen atoms in total. The second kappa shape index (κ2) is 7.44. The highest BCUT2D eigenvalue weighted by Crippen LogP contribution is 2.31. The number of nitrogens with two attached hydrogens (primary N) is 1. The fourth-order valence-corrected chi connectivity index (χ4v) is 3.79. The van der Waals surface area contributed by atoms with Crippen molar-refractivity contribution in [1.29, 1.82) is 0 Å². The van der Waals surface area contributed by atoms with Crippen molar-refractivity contribution in [3.63, 3.8) is 0 Å². The van der Waals surface area contributed by atoms with Gasteiger partial charge in [-0.15, -0.1) is 0 Å². The molecule has 0 aliphatic heterocycles. The molecule has 0 heterocycles. The minimum absolute atomic E-state index is 0.239. The fourth-order valence-electron chi connectivity index (χ4n) is 3.79. The van der Waals surface area contributed by atoms with Gasteiger partial charge in [-0.2, -0.15) is 0 Å². The van der Waals surface area contributed by atoms with E-state index >= 15 is 0 Å². The minimum Gasteiger partial charge on any atom is -0.329 e. The van der Waals surface area contributed by atoms with Crippen LogP contribution in [0.15, 0.2) is 11.6 Å². The standard InChI is InChI=1S/C17H32N2/c1-2-15-8-5-11-17(14-18,12-9-15)19-13-10-16-6-3-4-7-16/h6,15,19H,2-5,7-14,18H2,1H3. The molecule has 0 aromatic carbocycles. The Morgan fingerprint density at radius 2 is 2.21 bits per heavy atom. The van der Waals surface area contributed by atoms with Crippen molar-refractivity contribution in [2.75, 3.05) is 13.1 Å². The lowest BCUT2D eigenvalue weighted by atomic mass is 9.89. The third-order valence-corrected chi connectivity index (χ3v) is 5.35. The number of hydrogen-bond donors (Lipinski definition) is 2. The van der Waals surface area contributed by atoms with Gasteiger partial charge in [0, 0.05) is 12.1 Å². The van der Waals surface area contributed by atoms with Crippen molar-refractivity contribution in [2.45, 2.75) is 76.7 Å². The molecule has 0 saturated heterocycles. The summed E-state index contributed by atoms with van der Waals surface area (Å²) in [4.78, 5) is 0. The van der Waals surface area contributed by atoms with Gasteiger partial charge in [0.15, 0.2) is 0 Å². The molecule has 2 unspecified atom stereocenters. The molecule has 3 N–H and O–H groups in total. The average Bonchev–Trinajstić information content (AvgIpc) is 2.86. The monoisotopic (exact) mass is 264 g/mol. The Labute approximate surface area is 119 Å². The molecule has 2 aliphatic rings. The van der Waals surface area contributed by atoms with Gasteiger partial charge in [0.05, 0.1) is 0 Å². The Morgan fingerprint density at radius 1 is 1.32 bits per heavy atom. The highest BCUT2D eigenvalue weighted by atomic mass is 15.0. The van der Waals surface area contributed by atoms with Crippen LogP contribution in [-0.4, -0.2) is 18.6 Å². The molecule has 2 atom stereocenters. The van der Waals surface area contributed by atoms with Crippen molar-refractivity contribution < 1.29 is 0 Å². The van der Waals surface area contributed by atoms with E-state index in [2.05, 4.69) is 18.3 Å². The van der Waals surface area contributed by atoms with E-state index in [1.165, 1.54) is 64.2 Å². The maximum absolute atomic E-state index is 6.11. The van der Waals surface area contributed by atoms with E-state index < -0.39 is 0 Å². The van der Waals surface area contributed by atoms with E-state index in [1.54, 1.807) is 5.57 Å². The Hall–Kier alpha value is -0.340. The van der Waals surface area contributed by atoms with E-state index in [9.17, 15) is 0 Å². The third-order valence-electron chi connectivity index (χ3n) is 5.35. The molecule has 0 aromatic rings. The lowest BCUT2D eigenvalue weighted by molar-refractivity contribution is 0.289. The van der Waals surface area contributed by atoms with Gasteiger partial charge in [0.25, 0.3) is 0 Å². The molecule has 0 aromatic heterocycles. The molecule has 2 aliphatic carbocycles. The molecular formula is C17H32N2. The van der Waals surface area contributed by atoms with Gasteiger partial charge >= 0.3 is 0 Å². The van der Waals surface area contributed by atoms with E-state index in [0.717, 1.165) is 19.0 Å². The summed E-state index contributed by atoms with van der Waals surface area (Å²) in [7, 11) is 0. The Balaban J connectivity index is 1.79. The van der Waals surface area contributed by atoms with Crippen LogP contribution in [0.2, 0.25) is 0 Å². The first-order chi connectivity index (χ1) is 9.28. The van der Waals surface area contributed by atoms with Gasteiger partial charge in [-0.3, -0.25) is 0 Å². The maximum atomic E-state index is 6.11. The first-order valence-electron chi connectivity index (χ1n) is 8.41. The topological polar surface area (TPSA) is 38.0 Å². The van der Waals surface area contributed by atoms with Crippen molar-refractivity contribution in [3.8, 4) is 0 Å². The summed E-state index contributed by atoms with van der Waals surface area (Å²) in [6.07, 6.45) is 15.7. The quantitative estimate of drug-likeness (QED) is 0.566. The van der Waals surface area contributed by atoms with Crippen molar-refractivity contribution in [1.82, 2.24) is 5.32 Å². The molecule has 19 heavy (non-hydrogen) atoms. The second-order valence-electron chi connectivity index (χ2n) is 6.62. The highest BCUT2D eigenvalue weighted by Gasteiger charge is 2.30. The van der Waals surface area contributed by atoms with Gasteiger partial charge in [-0.05, 0) is 57.4 Å². The van der Waals surface area contributed by atoms with Crippen molar-refractivity contribution in [2.24, 2.45) is 11.7 Å². The van der Waals surface area contributed by atoms with Gasteiger partial charge < -0.3 is 11.1 Å². The predicted molar refractivity (Wildman–Crippen MR) is 83.2 cm³/mol. The van der Waals surface area contributed by atoms with E-state index in [4.69, 9.17) is 5.73 Å². The number of rotatable bonds is 6. The van der Waals surface area contributed by atoms with Gasteiger partial charge in [0.1, 0.15) is 0 Å². The van der Waals surface area contributed by atoms with Crippen LogP contribution in [0.25, 0.3) is 0 Å². The summed E-state index contributed by atoms with van der Waals surface area (Å²) in [6, 6.07) is 0. The SMILES string of the molecule is CCC1CCCC(CN)(NCCC2=CCCC2)CC1. The lowest BCUT2D eigenvalue weighted by Crippen LogP contribution is -2.51. The molecular weight excluding hydrogens is 232 g/mol. The van der Waals surface area contributed by atoms with Gasteiger partial charge in [-0.25, -0.2) is 0 Å². The van der Waals surface area contributed by atoms with Crippen LogP contribution in [0, 0.1) is 5.92 Å². The molecule has 2 rings (SSSR count). The van der Waals surface area contributed by atoms with Crippen LogP contribution in [0.3, 0.4) is 0 Å². The predicted octanol–water partition coefficient (Wildman–Crippen LogP) is 3.76. The third kappa shape index (κ3) is 4.32. The zero-order valence-electron chi connectivity index (χ0n) is 12.7. The van der Waals surface area contributed by atoms with Gasteiger partial charge in [-0.1, -0.05) is 37.8 Å². The Kier molecular flexibility index (Phi) is 5.90. The maximum Gasteiger partial charge on any atom is 0.0304 e. The van der Waals surface area contributed by atoms with Crippen LogP contribution in [0.1, 0.15) is 71.1 Å². The molecule has 1 saturated carbocycles.